The SMILES string of the molecule is CN(CCCO)Cc1cccc(/C(N)=N/O)c1. The minimum atomic E-state index is 0.116. The van der Waals surface area contributed by atoms with E-state index in [0.717, 1.165) is 25.1 Å². The van der Waals surface area contributed by atoms with E-state index in [2.05, 4.69) is 10.1 Å². The van der Waals surface area contributed by atoms with E-state index >= 15 is 0 Å². The summed E-state index contributed by atoms with van der Waals surface area (Å²) in [4.78, 5) is 2.11. The molecule has 1 aromatic carbocycles. The van der Waals surface area contributed by atoms with Crippen molar-refractivity contribution in [3.8, 4) is 0 Å². The average molecular weight is 237 g/mol. The Morgan fingerprint density at radius 1 is 1.47 bits per heavy atom. The lowest BCUT2D eigenvalue weighted by molar-refractivity contribution is 0.244. The highest BCUT2D eigenvalue weighted by Crippen LogP contribution is 2.07. The second-order valence-corrected chi connectivity index (χ2v) is 4.00. The zero-order valence-corrected chi connectivity index (χ0v) is 10.0. The van der Waals surface area contributed by atoms with Gasteiger partial charge in [-0.3, -0.25) is 0 Å². The molecule has 0 saturated carbocycles. The molecular formula is C12H19N3O2. The molecule has 0 saturated heterocycles. The minimum absolute atomic E-state index is 0.116. The molecule has 0 atom stereocenters. The first-order valence-corrected chi connectivity index (χ1v) is 5.53. The fourth-order valence-electron chi connectivity index (χ4n) is 1.62. The molecule has 94 valence electrons. The van der Waals surface area contributed by atoms with Gasteiger partial charge in [0, 0.05) is 25.3 Å². The first kappa shape index (κ1) is 13.5. The van der Waals surface area contributed by atoms with Gasteiger partial charge in [0.25, 0.3) is 0 Å². The molecule has 4 N–H and O–H groups in total. The lowest BCUT2D eigenvalue weighted by Crippen LogP contribution is -2.20. The van der Waals surface area contributed by atoms with Gasteiger partial charge in [-0.1, -0.05) is 23.4 Å². The number of benzene rings is 1. The van der Waals surface area contributed by atoms with Crippen LogP contribution in [0.3, 0.4) is 0 Å². The largest absolute Gasteiger partial charge is 0.409 e. The number of aliphatic hydroxyl groups is 1. The molecule has 17 heavy (non-hydrogen) atoms. The van der Waals surface area contributed by atoms with Crippen molar-refractivity contribution < 1.29 is 10.3 Å². The molecule has 0 bridgehead atoms. The van der Waals surface area contributed by atoms with E-state index in [0.29, 0.717) is 5.56 Å². The van der Waals surface area contributed by atoms with Crippen molar-refractivity contribution in [1.29, 1.82) is 0 Å². The van der Waals surface area contributed by atoms with Gasteiger partial charge in [-0.25, -0.2) is 0 Å². The van der Waals surface area contributed by atoms with Crippen molar-refractivity contribution in [1.82, 2.24) is 4.90 Å². The van der Waals surface area contributed by atoms with Gasteiger partial charge in [-0.15, -0.1) is 0 Å². The van der Waals surface area contributed by atoms with Gasteiger partial charge in [0.1, 0.15) is 0 Å². The van der Waals surface area contributed by atoms with Crippen molar-refractivity contribution in [3.63, 3.8) is 0 Å². The predicted octanol–water partition coefficient (Wildman–Crippen LogP) is 0.595. The molecule has 1 aromatic rings. The Balaban J connectivity index is 2.65. The molecule has 0 amide bonds. The third-order valence-corrected chi connectivity index (χ3v) is 2.48. The second-order valence-electron chi connectivity index (χ2n) is 4.00. The number of hydrogen-bond donors (Lipinski definition) is 3. The number of nitrogens with two attached hydrogens (primary N) is 1. The smallest absolute Gasteiger partial charge is 0.170 e. The number of rotatable bonds is 6. The van der Waals surface area contributed by atoms with Crippen LogP contribution >= 0.6 is 0 Å². The molecular weight excluding hydrogens is 218 g/mol. The molecule has 0 aliphatic carbocycles. The van der Waals surface area contributed by atoms with Crippen molar-refractivity contribution >= 4 is 5.84 Å². The van der Waals surface area contributed by atoms with E-state index in [9.17, 15) is 0 Å². The molecule has 0 aliphatic rings. The summed E-state index contributed by atoms with van der Waals surface area (Å²) in [5, 5.41) is 20.3. The summed E-state index contributed by atoms with van der Waals surface area (Å²) in [5.74, 6) is 0.116. The van der Waals surface area contributed by atoms with E-state index in [-0.39, 0.29) is 12.4 Å². The number of hydrogen-bond acceptors (Lipinski definition) is 4. The standard InChI is InChI=1S/C12H19N3O2/c1-15(6-3-7-16)9-10-4-2-5-11(8-10)12(13)14-17/h2,4-5,8,16-17H,3,6-7,9H2,1H3,(H2,13,14). The van der Waals surface area contributed by atoms with Gasteiger partial charge in [0.05, 0.1) is 0 Å². The summed E-state index contributed by atoms with van der Waals surface area (Å²) in [5.41, 5.74) is 7.33. The van der Waals surface area contributed by atoms with Crippen LogP contribution in [0.1, 0.15) is 17.5 Å². The average Bonchev–Trinajstić information content (AvgIpc) is 2.35. The highest BCUT2D eigenvalue weighted by Gasteiger charge is 2.03. The van der Waals surface area contributed by atoms with Crippen LogP contribution in [0.25, 0.3) is 0 Å². The Hall–Kier alpha value is -1.59. The van der Waals surface area contributed by atoms with Gasteiger partial charge >= 0.3 is 0 Å². The number of aliphatic hydroxyl groups excluding tert-OH is 1. The zero-order chi connectivity index (χ0) is 12.7. The summed E-state index contributed by atoms with van der Waals surface area (Å²) in [6.07, 6.45) is 0.760. The maximum Gasteiger partial charge on any atom is 0.170 e. The summed E-state index contributed by atoms with van der Waals surface area (Å²) in [7, 11) is 1.99. The minimum Gasteiger partial charge on any atom is -0.409 e. The van der Waals surface area contributed by atoms with Crippen LogP contribution in [0.15, 0.2) is 29.4 Å². The number of nitrogens with zero attached hydrogens (tertiary/aromatic N) is 2. The second kappa shape index (κ2) is 6.88. The Labute approximate surface area is 101 Å². The normalized spacial score (nSPS) is 12.1. The Kier molecular flexibility index (Phi) is 5.45. The first-order valence-electron chi connectivity index (χ1n) is 5.53. The van der Waals surface area contributed by atoms with E-state index in [1.807, 2.05) is 25.2 Å². The maximum atomic E-state index is 8.74. The quantitative estimate of drug-likeness (QED) is 0.293. The van der Waals surface area contributed by atoms with E-state index in [1.165, 1.54) is 0 Å². The topological polar surface area (TPSA) is 82.1 Å². The van der Waals surface area contributed by atoms with Crippen LogP contribution in [0.4, 0.5) is 0 Å². The van der Waals surface area contributed by atoms with Crippen molar-refractivity contribution in [2.45, 2.75) is 13.0 Å². The van der Waals surface area contributed by atoms with Crippen LogP contribution in [0.5, 0.6) is 0 Å². The molecule has 0 heterocycles. The van der Waals surface area contributed by atoms with Gasteiger partial charge in [-0.2, -0.15) is 0 Å². The zero-order valence-electron chi connectivity index (χ0n) is 10.0. The van der Waals surface area contributed by atoms with Crippen LogP contribution in [0.2, 0.25) is 0 Å². The lowest BCUT2D eigenvalue weighted by atomic mass is 10.1. The molecule has 5 heteroatoms. The van der Waals surface area contributed by atoms with Crippen molar-refractivity contribution in [2.24, 2.45) is 10.9 Å². The molecule has 0 spiro atoms. The van der Waals surface area contributed by atoms with Gasteiger partial charge in [0.2, 0.25) is 0 Å². The molecule has 0 fully saturated rings. The lowest BCUT2D eigenvalue weighted by Gasteiger charge is -2.16. The van der Waals surface area contributed by atoms with Crippen LogP contribution < -0.4 is 5.73 Å². The van der Waals surface area contributed by atoms with E-state index in [1.54, 1.807) is 6.07 Å². The Bertz CT molecular complexity index is 380. The first-order chi connectivity index (χ1) is 8.17. The molecule has 0 aliphatic heterocycles. The fourth-order valence-corrected chi connectivity index (χ4v) is 1.62. The third-order valence-electron chi connectivity index (χ3n) is 2.48. The highest BCUT2D eigenvalue weighted by atomic mass is 16.4. The van der Waals surface area contributed by atoms with Crippen molar-refractivity contribution in [3.05, 3.63) is 35.4 Å². The maximum absolute atomic E-state index is 8.74. The van der Waals surface area contributed by atoms with E-state index in [4.69, 9.17) is 16.0 Å². The molecule has 0 aromatic heterocycles. The summed E-state index contributed by atoms with van der Waals surface area (Å²) >= 11 is 0. The monoisotopic (exact) mass is 237 g/mol. The molecule has 5 nitrogen and oxygen atoms in total. The van der Waals surface area contributed by atoms with Gasteiger partial charge in [-0.05, 0) is 25.1 Å². The van der Waals surface area contributed by atoms with Crippen molar-refractivity contribution in [2.75, 3.05) is 20.2 Å². The Morgan fingerprint density at radius 2 is 2.24 bits per heavy atom. The molecule has 0 radical (unpaired) electrons. The third kappa shape index (κ3) is 4.42. The molecule has 1 rings (SSSR count). The summed E-state index contributed by atoms with van der Waals surface area (Å²) in [6.45, 7) is 1.81. The number of oxime groups is 1. The molecule has 0 unspecified atom stereocenters. The van der Waals surface area contributed by atoms with Crippen LogP contribution in [-0.2, 0) is 6.54 Å². The Morgan fingerprint density at radius 3 is 2.88 bits per heavy atom. The van der Waals surface area contributed by atoms with Crippen LogP contribution in [-0.4, -0.2) is 41.2 Å². The van der Waals surface area contributed by atoms with E-state index < -0.39 is 0 Å². The highest BCUT2D eigenvalue weighted by molar-refractivity contribution is 5.97. The fraction of sp³-hybridized carbons (Fsp3) is 0.417. The van der Waals surface area contributed by atoms with Crippen LogP contribution in [0, 0.1) is 0 Å². The summed E-state index contributed by atoms with van der Waals surface area (Å²) < 4.78 is 0. The summed E-state index contributed by atoms with van der Waals surface area (Å²) in [6, 6.07) is 7.56. The van der Waals surface area contributed by atoms with Gasteiger partial charge < -0.3 is 20.9 Å². The predicted molar refractivity (Wildman–Crippen MR) is 67.0 cm³/mol. The van der Waals surface area contributed by atoms with Gasteiger partial charge in [0.15, 0.2) is 5.84 Å². The number of amidine groups is 1.